The van der Waals surface area contributed by atoms with Crippen molar-refractivity contribution in [2.75, 3.05) is 11.9 Å². The SMILES string of the molecule is CCc1cccc(C)c1-n1c(C)cc([C@@H]2[C@H](c3ccccn3)NC(=S)N2CCC(=O)Nc2ccccc2F)c1C. The molecule has 2 aromatic heterocycles. The van der Waals surface area contributed by atoms with Gasteiger partial charge in [-0.15, -0.1) is 0 Å². The number of para-hydroxylation sites is 2. The molecule has 0 unspecified atom stereocenters. The zero-order valence-corrected chi connectivity index (χ0v) is 24.1. The Balaban J connectivity index is 1.51. The number of aromatic nitrogens is 2. The van der Waals surface area contributed by atoms with Gasteiger partial charge in [-0.3, -0.25) is 9.78 Å². The van der Waals surface area contributed by atoms with Crippen molar-refractivity contribution in [2.45, 2.75) is 52.6 Å². The van der Waals surface area contributed by atoms with Crippen LogP contribution in [0.4, 0.5) is 10.1 Å². The minimum absolute atomic E-state index is 0.151. The number of carbonyl (C=O) groups excluding carboxylic acids is 1. The van der Waals surface area contributed by atoms with Gasteiger partial charge in [-0.25, -0.2) is 4.39 Å². The van der Waals surface area contributed by atoms with E-state index in [2.05, 4.69) is 77.0 Å². The van der Waals surface area contributed by atoms with Crippen molar-refractivity contribution in [3.63, 3.8) is 0 Å². The van der Waals surface area contributed by atoms with Gasteiger partial charge in [-0.05, 0) is 86.4 Å². The van der Waals surface area contributed by atoms with Gasteiger partial charge >= 0.3 is 0 Å². The fourth-order valence-electron chi connectivity index (χ4n) is 5.74. The Kier molecular flexibility index (Phi) is 7.98. The van der Waals surface area contributed by atoms with E-state index in [1.165, 1.54) is 22.9 Å². The molecule has 5 rings (SSSR count). The van der Waals surface area contributed by atoms with Crippen LogP contribution in [0.25, 0.3) is 5.69 Å². The summed E-state index contributed by atoms with van der Waals surface area (Å²) in [5, 5.41) is 6.73. The summed E-state index contributed by atoms with van der Waals surface area (Å²) < 4.78 is 16.5. The Morgan fingerprint density at radius 3 is 2.58 bits per heavy atom. The number of nitrogens with one attached hydrogen (secondary N) is 2. The van der Waals surface area contributed by atoms with Gasteiger partial charge in [0.15, 0.2) is 5.11 Å². The molecule has 206 valence electrons. The molecular weight excluding hydrogens is 521 g/mol. The van der Waals surface area contributed by atoms with Crippen LogP contribution in [-0.4, -0.2) is 32.0 Å². The Morgan fingerprint density at radius 2 is 1.85 bits per heavy atom. The van der Waals surface area contributed by atoms with Crippen molar-refractivity contribution in [1.82, 2.24) is 19.8 Å². The molecule has 2 atom stereocenters. The number of aryl methyl sites for hydroxylation is 3. The molecule has 0 bridgehead atoms. The summed E-state index contributed by atoms with van der Waals surface area (Å²) in [4.78, 5) is 19.6. The van der Waals surface area contributed by atoms with Gasteiger partial charge in [0, 0.05) is 30.6 Å². The molecule has 6 nitrogen and oxygen atoms in total. The number of nitrogens with zero attached hydrogens (tertiary/aromatic N) is 3. The zero-order valence-electron chi connectivity index (χ0n) is 23.2. The summed E-state index contributed by atoms with van der Waals surface area (Å²) >= 11 is 5.82. The average Bonchev–Trinajstić information content (AvgIpc) is 3.43. The fourth-order valence-corrected chi connectivity index (χ4v) is 6.07. The van der Waals surface area contributed by atoms with E-state index < -0.39 is 5.82 Å². The molecule has 1 amide bonds. The molecular formula is C32H34FN5OS. The van der Waals surface area contributed by atoms with Gasteiger partial charge < -0.3 is 20.1 Å². The van der Waals surface area contributed by atoms with Crippen LogP contribution < -0.4 is 10.6 Å². The van der Waals surface area contributed by atoms with Crippen LogP contribution >= 0.6 is 12.2 Å². The van der Waals surface area contributed by atoms with E-state index in [9.17, 15) is 9.18 Å². The molecule has 40 heavy (non-hydrogen) atoms. The predicted molar refractivity (Wildman–Crippen MR) is 161 cm³/mol. The van der Waals surface area contributed by atoms with E-state index in [-0.39, 0.29) is 30.1 Å². The van der Waals surface area contributed by atoms with Gasteiger partial charge in [0.2, 0.25) is 5.91 Å². The quantitative estimate of drug-likeness (QED) is 0.243. The van der Waals surface area contributed by atoms with Gasteiger partial charge in [-0.1, -0.05) is 43.3 Å². The number of rotatable bonds is 8. The Labute approximate surface area is 240 Å². The Hall–Kier alpha value is -4.04. The van der Waals surface area contributed by atoms with Crippen molar-refractivity contribution in [1.29, 1.82) is 0 Å². The highest BCUT2D eigenvalue weighted by Gasteiger charge is 2.41. The average molecular weight is 556 g/mol. The number of carbonyl (C=O) groups is 1. The minimum atomic E-state index is -0.461. The molecule has 3 heterocycles. The van der Waals surface area contributed by atoms with Crippen LogP contribution in [-0.2, 0) is 11.2 Å². The van der Waals surface area contributed by atoms with Crippen LogP contribution in [0.2, 0.25) is 0 Å². The van der Waals surface area contributed by atoms with Crippen LogP contribution in [0.5, 0.6) is 0 Å². The molecule has 8 heteroatoms. The van der Waals surface area contributed by atoms with Crippen molar-refractivity contribution in [3.05, 3.63) is 113 Å². The standard InChI is InChI=1S/C32H34FN5OS/c1-5-23-12-10-11-20(2)30(23)38-21(3)19-24(22(38)4)31-29(27-15-8-9-17-34-27)36-32(40)37(31)18-16-28(39)35-26-14-7-6-13-25(26)33/h6-15,17,19,29,31H,5,16,18H2,1-4H3,(H,35,39)(H,36,40)/t29-,31+/m0/s1. The maximum absolute atomic E-state index is 14.1. The molecule has 0 radical (unpaired) electrons. The minimum Gasteiger partial charge on any atom is -0.352 e. The summed E-state index contributed by atoms with van der Waals surface area (Å²) in [5.41, 5.74) is 8.15. The number of halogens is 1. The highest BCUT2D eigenvalue weighted by molar-refractivity contribution is 7.80. The molecule has 2 N–H and O–H groups in total. The smallest absolute Gasteiger partial charge is 0.226 e. The number of hydrogen-bond acceptors (Lipinski definition) is 3. The fraction of sp³-hybridized carbons (Fsp3) is 0.281. The van der Waals surface area contributed by atoms with Crippen molar-refractivity contribution >= 4 is 28.9 Å². The second-order valence-electron chi connectivity index (χ2n) is 10.2. The highest BCUT2D eigenvalue weighted by atomic mass is 32.1. The van der Waals surface area contributed by atoms with E-state index in [0.29, 0.717) is 11.7 Å². The Bertz CT molecular complexity index is 1550. The zero-order chi connectivity index (χ0) is 28.4. The largest absolute Gasteiger partial charge is 0.352 e. The summed E-state index contributed by atoms with van der Waals surface area (Å²) in [7, 11) is 0. The molecule has 0 saturated carbocycles. The van der Waals surface area contributed by atoms with E-state index in [1.54, 1.807) is 24.4 Å². The maximum Gasteiger partial charge on any atom is 0.226 e. The molecule has 0 aliphatic carbocycles. The van der Waals surface area contributed by atoms with Crippen LogP contribution in [0.1, 0.15) is 59.2 Å². The molecule has 1 saturated heterocycles. The number of anilines is 1. The third kappa shape index (κ3) is 5.23. The first-order valence-electron chi connectivity index (χ1n) is 13.6. The summed E-state index contributed by atoms with van der Waals surface area (Å²) in [6, 6.07) is 20.3. The molecule has 0 spiro atoms. The van der Waals surface area contributed by atoms with E-state index in [1.807, 2.05) is 18.2 Å². The van der Waals surface area contributed by atoms with Gasteiger partial charge in [-0.2, -0.15) is 0 Å². The second-order valence-corrected chi connectivity index (χ2v) is 10.6. The normalized spacial score (nSPS) is 16.7. The van der Waals surface area contributed by atoms with Gasteiger partial charge in [0.25, 0.3) is 0 Å². The first-order valence-corrected chi connectivity index (χ1v) is 14.0. The molecule has 1 fully saturated rings. The number of hydrogen-bond donors (Lipinski definition) is 2. The van der Waals surface area contributed by atoms with Crippen molar-refractivity contribution in [2.24, 2.45) is 0 Å². The van der Waals surface area contributed by atoms with Gasteiger partial charge in [0.1, 0.15) is 5.82 Å². The number of benzene rings is 2. The van der Waals surface area contributed by atoms with E-state index in [4.69, 9.17) is 12.2 Å². The second kappa shape index (κ2) is 11.6. The number of pyridine rings is 1. The third-order valence-corrected chi connectivity index (χ3v) is 7.99. The monoisotopic (exact) mass is 555 g/mol. The summed E-state index contributed by atoms with van der Waals surface area (Å²) in [6.45, 7) is 8.97. The lowest BCUT2D eigenvalue weighted by atomic mass is 9.96. The van der Waals surface area contributed by atoms with Crippen LogP contribution in [0.15, 0.2) is 72.9 Å². The first-order chi connectivity index (χ1) is 19.3. The lowest BCUT2D eigenvalue weighted by Crippen LogP contribution is -2.33. The third-order valence-electron chi connectivity index (χ3n) is 7.64. The first kappa shape index (κ1) is 27.5. The predicted octanol–water partition coefficient (Wildman–Crippen LogP) is 6.50. The maximum atomic E-state index is 14.1. The number of amides is 1. The van der Waals surface area contributed by atoms with Crippen LogP contribution in [0.3, 0.4) is 0 Å². The van der Waals surface area contributed by atoms with Gasteiger partial charge in [0.05, 0.1) is 29.2 Å². The topological polar surface area (TPSA) is 62.2 Å². The van der Waals surface area contributed by atoms with E-state index in [0.717, 1.165) is 29.1 Å². The van der Waals surface area contributed by atoms with Crippen molar-refractivity contribution < 1.29 is 9.18 Å². The molecule has 1 aliphatic rings. The van der Waals surface area contributed by atoms with Crippen molar-refractivity contribution in [3.8, 4) is 5.69 Å². The van der Waals surface area contributed by atoms with Crippen LogP contribution in [0, 0.1) is 26.6 Å². The lowest BCUT2D eigenvalue weighted by Gasteiger charge is -2.28. The van der Waals surface area contributed by atoms with E-state index >= 15 is 0 Å². The lowest BCUT2D eigenvalue weighted by molar-refractivity contribution is -0.116. The Morgan fingerprint density at radius 1 is 1.07 bits per heavy atom. The summed E-state index contributed by atoms with van der Waals surface area (Å²) in [6.07, 6.45) is 2.86. The highest BCUT2D eigenvalue weighted by Crippen LogP contribution is 2.42. The number of thiocarbonyl (C=S) groups is 1. The molecule has 1 aliphatic heterocycles. The molecule has 4 aromatic rings. The molecule has 2 aromatic carbocycles. The summed E-state index contributed by atoms with van der Waals surface area (Å²) in [5.74, 6) is -0.733.